The minimum atomic E-state index is 0. The Labute approximate surface area is 159 Å². The van der Waals surface area contributed by atoms with E-state index in [0.29, 0.717) is 17.7 Å². The molecule has 0 saturated carbocycles. The van der Waals surface area contributed by atoms with Gasteiger partial charge in [0.2, 0.25) is 0 Å². The third-order valence-corrected chi connectivity index (χ3v) is 5.98. The molecule has 0 spiro atoms. The molecule has 130 valence electrons. The molecule has 0 amide bonds. The second-order valence-electron chi connectivity index (χ2n) is 6.29. The van der Waals surface area contributed by atoms with Crippen LogP contribution in [0, 0.1) is 5.92 Å². The van der Waals surface area contributed by atoms with Crippen LogP contribution in [0.5, 0.6) is 0 Å². The van der Waals surface area contributed by atoms with Crippen LogP contribution in [0.15, 0.2) is 4.99 Å². The molecule has 0 aliphatic carbocycles. The number of hydrogen-bond donors (Lipinski definition) is 1. The third kappa shape index (κ3) is 4.32. The summed E-state index contributed by atoms with van der Waals surface area (Å²) in [5.74, 6) is 5.01. The Hall–Kier alpha value is -0.510. The molecule has 6 nitrogen and oxygen atoms in total. The van der Waals surface area contributed by atoms with Crippen molar-refractivity contribution in [3.8, 4) is 0 Å². The van der Waals surface area contributed by atoms with Gasteiger partial charge in [-0.25, -0.2) is 0 Å². The summed E-state index contributed by atoms with van der Waals surface area (Å²) in [7, 11) is 1.86. The molecule has 0 radical (unpaired) electrons. The lowest BCUT2D eigenvalue weighted by atomic mass is 10.1. The van der Waals surface area contributed by atoms with Crippen molar-refractivity contribution < 1.29 is 0 Å². The third-order valence-electron chi connectivity index (χ3n) is 4.44. The first-order valence-electron chi connectivity index (χ1n) is 8.17. The number of aromatic nitrogens is 3. The quantitative estimate of drug-likeness (QED) is 0.434. The maximum Gasteiger partial charge on any atom is 0.194 e. The number of hydrogen-bond acceptors (Lipinski definition) is 4. The molecule has 1 unspecified atom stereocenters. The number of nitrogens with zero attached hydrogens (tertiary/aromatic N) is 5. The van der Waals surface area contributed by atoms with E-state index in [-0.39, 0.29) is 24.0 Å². The Morgan fingerprint density at radius 3 is 2.96 bits per heavy atom. The molecule has 3 rings (SSSR count). The maximum absolute atomic E-state index is 4.46. The molecular formula is C15H27IN6S. The van der Waals surface area contributed by atoms with Crippen LogP contribution in [-0.4, -0.2) is 56.8 Å². The van der Waals surface area contributed by atoms with Crippen LogP contribution in [0.2, 0.25) is 0 Å². The fourth-order valence-electron chi connectivity index (χ4n) is 3.10. The molecule has 1 N–H and O–H groups in total. The fourth-order valence-corrected chi connectivity index (χ4v) is 4.40. The maximum atomic E-state index is 4.46. The summed E-state index contributed by atoms with van der Waals surface area (Å²) in [5.41, 5.74) is 0. The van der Waals surface area contributed by atoms with Crippen molar-refractivity contribution >= 4 is 41.7 Å². The van der Waals surface area contributed by atoms with Gasteiger partial charge < -0.3 is 14.8 Å². The topological polar surface area (TPSA) is 58.3 Å². The summed E-state index contributed by atoms with van der Waals surface area (Å²) in [6.07, 6.45) is 2.24. The van der Waals surface area contributed by atoms with E-state index in [0.717, 1.165) is 43.7 Å². The number of nitrogens with one attached hydrogen (secondary N) is 1. The van der Waals surface area contributed by atoms with Crippen LogP contribution in [0.25, 0.3) is 0 Å². The van der Waals surface area contributed by atoms with Crippen LogP contribution in [-0.2, 0) is 19.5 Å². The van der Waals surface area contributed by atoms with Gasteiger partial charge in [0.25, 0.3) is 0 Å². The highest BCUT2D eigenvalue weighted by Gasteiger charge is 2.25. The molecule has 2 aliphatic heterocycles. The van der Waals surface area contributed by atoms with E-state index in [4.69, 9.17) is 0 Å². The highest BCUT2D eigenvalue weighted by Crippen LogP contribution is 2.24. The summed E-state index contributed by atoms with van der Waals surface area (Å²) < 4.78 is 2.24. The highest BCUT2D eigenvalue weighted by molar-refractivity contribution is 14.0. The van der Waals surface area contributed by atoms with Crippen LogP contribution < -0.4 is 5.32 Å². The lowest BCUT2D eigenvalue weighted by Crippen LogP contribution is -2.48. The minimum absolute atomic E-state index is 0. The number of thioether (sulfide) groups is 1. The molecule has 3 heterocycles. The first-order valence-corrected chi connectivity index (χ1v) is 9.22. The van der Waals surface area contributed by atoms with E-state index in [9.17, 15) is 0 Å². The van der Waals surface area contributed by atoms with Gasteiger partial charge in [-0.05, 0) is 12.3 Å². The summed E-state index contributed by atoms with van der Waals surface area (Å²) in [6, 6.07) is 0. The van der Waals surface area contributed by atoms with Gasteiger partial charge in [0.05, 0.1) is 6.54 Å². The predicted octanol–water partition coefficient (Wildman–Crippen LogP) is 1.99. The molecule has 1 aromatic heterocycles. The molecule has 1 atom stereocenters. The van der Waals surface area contributed by atoms with E-state index >= 15 is 0 Å². The molecule has 1 aromatic rings. The summed E-state index contributed by atoms with van der Waals surface area (Å²) in [4.78, 5) is 6.84. The van der Waals surface area contributed by atoms with E-state index in [1.54, 1.807) is 0 Å². The van der Waals surface area contributed by atoms with Crippen molar-refractivity contribution in [2.24, 2.45) is 10.9 Å². The molecule has 8 heteroatoms. The van der Waals surface area contributed by atoms with Gasteiger partial charge in [0.15, 0.2) is 11.8 Å². The van der Waals surface area contributed by atoms with Crippen LogP contribution in [0.3, 0.4) is 0 Å². The van der Waals surface area contributed by atoms with E-state index in [2.05, 4.69) is 55.6 Å². The number of aliphatic imine (C=N–C) groups is 1. The second-order valence-corrected chi connectivity index (χ2v) is 7.63. The van der Waals surface area contributed by atoms with Gasteiger partial charge in [0.1, 0.15) is 5.82 Å². The molecule has 1 fully saturated rings. The Kier molecular flexibility index (Phi) is 7.00. The van der Waals surface area contributed by atoms with Gasteiger partial charge in [-0.15, -0.1) is 34.2 Å². The number of halogens is 1. The number of guanidine groups is 1. The van der Waals surface area contributed by atoms with Gasteiger partial charge in [-0.3, -0.25) is 4.99 Å². The average Bonchev–Trinajstić information content (AvgIpc) is 3.12. The molecular weight excluding hydrogens is 423 g/mol. The number of rotatable bonds is 3. The Morgan fingerprint density at radius 2 is 2.22 bits per heavy atom. The normalized spacial score (nSPS) is 21.3. The fraction of sp³-hybridized carbons (Fsp3) is 0.800. The van der Waals surface area contributed by atoms with Gasteiger partial charge in [-0.2, -0.15) is 11.8 Å². The SMILES string of the molecule is CN=C(NCc1nnc2n1CCC2)N1CCSC(C(C)C)C1.I. The van der Waals surface area contributed by atoms with Crippen LogP contribution in [0.4, 0.5) is 0 Å². The summed E-state index contributed by atoms with van der Waals surface area (Å²) in [6.45, 7) is 8.49. The zero-order valence-electron chi connectivity index (χ0n) is 14.2. The van der Waals surface area contributed by atoms with E-state index in [1.165, 1.54) is 12.2 Å². The van der Waals surface area contributed by atoms with Crippen molar-refractivity contribution in [2.75, 3.05) is 25.9 Å². The second kappa shape index (κ2) is 8.55. The van der Waals surface area contributed by atoms with Crippen molar-refractivity contribution in [3.63, 3.8) is 0 Å². The molecule has 0 aromatic carbocycles. The Bertz CT molecular complexity index is 544. The van der Waals surface area contributed by atoms with E-state index < -0.39 is 0 Å². The van der Waals surface area contributed by atoms with Crippen molar-refractivity contribution in [1.82, 2.24) is 25.0 Å². The molecule has 0 bridgehead atoms. The number of aryl methyl sites for hydroxylation is 1. The smallest absolute Gasteiger partial charge is 0.194 e. The Morgan fingerprint density at radius 1 is 1.39 bits per heavy atom. The van der Waals surface area contributed by atoms with Crippen LogP contribution >= 0.6 is 35.7 Å². The molecule has 23 heavy (non-hydrogen) atoms. The van der Waals surface area contributed by atoms with Gasteiger partial charge in [-0.1, -0.05) is 13.8 Å². The lowest BCUT2D eigenvalue weighted by Gasteiger charge is -2.36. The standard InChI is InChI=1S/C15H26N6S.HI/c1-11(2)12-10-20(7-8-22-12)15(16-3)17-9-14-19-18-13-5-4-6-21(13)14;/h11-12H,4-10H2,1-3H3,(H,16,17);1H. The van der Waals surface area contributed by atoms with Crippen molar-refractivity contribution in [3.05, 3.63) is 11.6 Å². The monoisotopic (exact) mass is 450 g/mol. The lowest BCUT2D eigenvalue weighted by molar-refractivity contribution is 0.380. The summed E-state index contributed by atoms with van der Waals surface area (Å²) >= 11 is 2.08. The van der Waals surface area contributed by atoms with Gasteiger partial charge >= 0.3 is 0 Å². The largest absolute Gasteiger partial charge is 0.349 e. The van der Waals surface area contributed by atoms with Gasteiger partial charge in [0, 0.05) is 44.1 Å². The number of fused-ring (bicyclic) bond motifs is 1. The average molecular weight is 450 g/mol. The Balaban J connectivity index is 0.00000192. The first kappa shape index (κ1) is 18.8. The zero-order valence-corrected chi connectivity index (χ0v) is 17.3. The summed E-state index contributed by atoms with van der Waals surface area (Å²) in [5, 5.41) is 12.7. The zero-order chi connectivity index (χ0) is 15.5. The van der Waals surface area contributed by atoms with Crippen LogP contribution in [0.1, 0.15) is 31.9 Å². The highest BCUT2D eigenvalue weighted by atomic mass is 127. The minimum Gasteiger partial charge on any atom is -0.349 e. The predicted molar refractivity (Wildman–Crippen MR) is 107 cm³/mol. The van der Waals surface area contributed by atoms with Crippen molar-refractivity contribution in [1.29, 1.82) is 0 Å². The van der Waals surface area contributed by atoms with Crippen molar-refractivity contribution in [2.45, 2.75) is 45.0 Å². The molecule has 2 aliphatic rings. The first-order chi connectivity index (χ1) is 10.7. The van der Waals surface area contributed by atoms with E-state index in [1.807, 2.05) is 7.05 Å². The molecule has 1 saturated heterocycles.